The third kappa shape index (κ3) is 8.24. The van der Waals surface area contributed by atoms with E-state index in [0.717, 1.165) is 6.54 Å². The molecule has 0 spiro atoms. The van der Waals surface area contributed by atoms with Crippen LogP contribution in [0.4, 0.5) is 23.3 Å². The quantitative estimate of drug-likeness (QED) is 0.220. The molecule has 33 heavy (non-hydrogen) atoms. The Morgan fingerprint density at radius 2 is 1.70 bits per heavy atom. The minimum absolute atomic E-state index is 0.0352. The second-order valence-electron chi connectivity index (χ2n) is 7.64. The van der Waals surface area contributed by atoms with Crippen molar-refractivity contribution in [1.29, 1.82) is 0 Å². The summed E-state index contributed by atoms with van der Waals surface area (Å²) in [4.78, 5) is 22.2. The molecule has 2 aromatic carbocycles. The van der Waals surface area contributed by atoms with Crippen molar-refractivity contribution in [3.05, 3.63) is 62.9 Å². The Balaban J connectivity index is 0.000000238. The van der Waals surface area contributed by atoms with E-state index < -0.39 is 4.92 Å². The van der Waals surface area contributed by atoms with Gasteiger partial charge in [-0.25, -0.2) is 0 Å². The zero-order valence-electron chi connectivity index (χ0n) is 18.6. The summed E-state index contributed by atoms with van der Waals surface area (Å²) in [5.74, 6) is 1.83. The minimum atomic E-state index is -0.590. The Labute approximate surface area is 201 Å². The summed E-state index contributed by atoms with van der Waals surface area (Å²) >= 11 is 11.7. The van der Waals surface area contributed by atoms with E-state index in [2.05, 4.69) is 25.6 Å². The highest BCUT2D eigenvalue weighted by molar-refractivity contribution is 6.35. The number of nitrogens with one attached hydrogen (secondary N) is 2. The maximum absolute atomic E-state index is 10.7. The topological polar surface area (TPSA) is 141 Å². The predicted octanol–water partition coefficient (Wildman–Crippen LogP) is 5.79. The minimum Gasteiger partial charge on any atom is -0.456 e. The second kappa shape index (κ2) is 11.5. The molecule has 176 valence electrons. The molecule has 1 heterocycles. The fourth-order valence-corrected chi connectivity index (χ4v) is 2.75. The molecule has 0 unspecified atom stereocenters. The van der Waals surface area contributed by atoms with Crippen LogP contribution in [0.3, 0.4) is 0 Å². The number of nitro groups is 1. The number of anilines is 3. The molecule has 3 aromatic rings. The highest BCUT2D eigenvalue weighted by Crippen LogP contribution is 2.38. The van der Waals surface area contributed by atoms with Crippen molar-refractivity contribution in [2.75, 3.05) is 22.9 Å². The van der Waals surface area contributed by atoms with E-state index in [0.29, 0.717) is 17.6 Å². The number of ether oxygens (including phenoxy) is 1. The first-order chi connectivity index (χ1) is 15.5. The van der Waals surface area contributed by atoms with Gasteiger partial charge in [0.25, 0.3) is 5.69 Å². The fraction of sp³-hybridized carbons (Fsp3) is 0.286. The molecule has 0 bridgehead atoms. The van der Waals surface area contributed by atoms with Crippen LogP contribution in [0.2, 0.25) is 10.3 Å². The smallest absolute Gasteiger partial charge is 0.293 e. The van der Waals surface area contributed by atoms with Crippen LogP contribution in [-0.2, 0) is 0 Å². The van der Waals surface area contributed by atoms with Gasteiger partial charge in [-0.05, 0) is 57.5 Å². The van der Waals surface area contributed by atoms with Crippen molar-refractivity contribution in [3.63, 3.8) is 0 Å². The van der Waals surface area contributed by atoms with Gasteiger partial charge in [0.05, 0.1) is 4.92 Å². The molecular formula is C21H25Cl2N7O3. The standard InChI is InChI=1S/C12H9ClN2O3.C9H16ClN5/c13-11-10(18-8-4-2-1-3-5-8)7-6-9(12(11)14)15(16)17;1-5-11-7-12-6(10)13-8(14-7)15-9(2,3)4/h1-7H,14H2;5H2,1-4H3,(H2,11,12,13,14,15). The van der Waals surface area contributed by atoms with Crippen LogP contribution in [0, 0.1) is 10.1 Å². The summed E-state index contributed by atoms with van der Waals surface area (Å²) in [7, 11) is 0. The predicted molar refractivity (Wildman–Crippen MR) is 131 cm³/mol. The van der Waals surface area contributed by atoms with Crippen molar-refractivity contribution in [3.8, 4) is 11.5 Å². The molecule has 0 aliphatic carbocycles. The molecule has 3 rings (SSSR count). The number of nitro benzene ring substituents is 1. The summed E-state index contributed by atoms with van der Waals surface area (Å²) in [6.45, 7) is 8.79. The molecule has 1 aromatic heterocycles. The third-order valence-corrected chi connectivity index (χ3v) is 4.28. The average molecular weight is 494 g/mol. The van der Waals surface area contributed by atoms with Crippen LogP contribution in [0.1, 0.15) is 27.7 Å². The lowest BCUT2D eigenvalue weighted by Gasteiger charge is -2.20. The van der Waals surface area contributed by atoms with Gasteiger partial charge in [0.2, 0.25) is 17.2 Å². The zero-order chi connectivity index (χ0) is 24.6. The lowest BCUT2D eigenvalue weighted by molar-refractivity contribution is -0.383. The van der Waals surface area contributed by atoms with Gasteiger partial charge in [0.15, 0.2) is 0 Å². The summed E-state index contributed by atoms with van der Waals surface area (Å²) in [5, 5.41) is 17.0. The molecule has 12 heteroatoms. The normalized spacial score (nSPS) is 10.6. The molecule has 0 saturated heterocycles. The summed E-state index contributed by atoms with van der Waals surface area (Å²) in [5.41, 5.74) is 5.14. The number of aromatic nitrogens is 3. The molecule has 0 atom stereocenters. The van der Waals surface area contributed by atoms with Crippen LogP contribution in [0.15, 0.2) is 42.5 Å². The van der Waals surface area contributed by atoms with Gasteiger partial charge in [-0.2, -0.15) is 15.0 Å². The molecular weight excluding hydrogens is 469 g/mol. The van der Waals surface area contributed by atoms with Crippen LogP contribution in [-0.4, -0.2) is 32.0 Å². The van der Waals surface area contributed by atoms with Crippen LogP contribution < -0.4 is 21.1 Å². The first kappa shape index (κ1) is 25.9. The first-order valence-corrected chi connectivity index (χ1v) is 10.6. The third-order valence-electron chi connectivity index (χ3n) is 3.72. The van der Waals surface area contributed by atoms with Crippen molar-refractivity contribution in [2.24, 2.45) is 0 Å². The second-order valence-corrected chi connectivity index (χ2v) is 8.36. The van der Waals surface area contributed by atoms with Gasteiger partial charge in [-0.1, -0.05) is 29.8 Å². The number of hydrogen-bond acceptors (Lipinski definition) is 9. The molecule has 0 saturated carbocycles. The number of rotatable bonds is 6. The van der Waals surface area contributed by atoms with Crippen molar-refractivity contribution in [1.82, 2.24) is 15.0 Å². The van der Waals surface area contributed by atoms with Gasteiger partial charge in [0, 0.05) is 18.2 Å². The molecule has 0 amide bonds. The number of halogens is 2. The number of hydrogen-bond donors (Lipinski definition) is 3. The molecule has 10 nitrogen and oxygen atoms in total. The summed E-state index contributed by atoms with van der Waals surface area (Å²) in [6, 6.07) is 11.6. The number of nitrogen functional groups attached to an aromatic ring is 1. The fourth-order valence-electron chi connectivity index (χ4n) is 2.39. The van der Waals surface area contributed by atoms with Crippen molar-refractivity contribution in [2.45, 2.75) is 33.2 Å². The highest BCUT2D eigenvalue weighted by Gasteiger charge is 2.18. The van der Waals surface area contributed by atoms with E-state index in [1.807, 2.05) is 33.8 Å². The van der Waals surface area contributed by atoms with Gasteiger partial charge in [-0.15, -0.1) is 0 Å². The van der Waals surface area contributed by atoms with Gasteiger partial charge in [0.1, 0.15) is 22.2 Å². The van der Waals surface area contributed by atoms with E-state index in [4.69, 9.17) is 33.7 Å². The van der Waals surface area contributed by atoms with Gasteiger partial charge in [-0.3, -0.25) is 10.1 Å². The number of benzene rings is 2. The molecule has 0 radical (unpaired) electrons. The lowest BCUT2D eigenvalue weighted by Crippen LogP contribution is -2.27. The molecule has 0 aliphatic heterocycles. The van der Waals surface area contributed by atoms with Crippen molar-refractivity contribution >= 4 is 46.5 Å². The van der Waals surface area contributed by atoms with Gasteiger partial charge < -0.3 is 21.1 Å². The zero-order valence-corrected chi connectivity index (χ0v) is 20.1. The first-order valence-electron chi connectivity index (χ1n) is 9.89. The Hall–Kier alpha value is -3.37. The van der Waals surface area contributed by atoms with E-state index >= 15 is 0 Å². The monoisotopic (exact) mass is 493 g/mol. The Bertz CT molecular complexity index is 1090. The Morgan fingerprint density at radius 1 is 1.06 bits per heavy atom. The largest absolute Gasteiger partial charge is 0.456 e. The van der Waals surface area contributed by atoms with E-state index in [9.17, 15) is 10.1 Å². The van der Waals surface area contributed by atoms with E-state index in [1.165, 1.54) is 12.1 Å². The number of para-hydroxylation sites is 1. The lowest BCUT2D eigenvalue weighted by atomic mass is 10.1. The van der Waals surface area contributed by atoms with Crippen LogP contribution in [0.25, 0.3) is 0 Å². The number of nitrogens with zero attached hydrogens (tertiary/aromatic N) is 4. The number of nitrogens with two attached hydrogens (primary N) is 1. The molecule has 0 aliphatic rings. The maximum atomic E-state index is 10.7. The van der Waals surface area contributed by atoms with Gasteiger partial charge >= 0.3 is 0 Å². The SMILES string of the molecule is CCNc1nc(Cl)nc(NC(C)(C)C)n1.Nc1c([N+](=O)[O-])ccc(Oc2ccccc2)c1Cl. The maximum Gasteiger partial charge on any atom is 0.293 e. The van der Waals surface area contributed by atoms with E-state index in [-0.39, 0.29) is 33.0 Å². The summed E-state index contributed by atoms with van der Waals surface area (Å²) in [6.07, 6.45) is 0. The average Bonchev–Trinajstić information content (AvgIpc) is 2.71. The van der Waals surface area contributed by atoms with Crippen LogP contribution >= 0.6 is 23.2 Å². The van der Waals surface area contributed by atoms with Crippen molar-refractivity contribution < 1.29 is 9.66 Å². The highest BCUT2D eigenvalue weighted by atomic mass is 35.5. The summed E-state index contributed by atoms with van der Waals surface area (Å²) < 4.78 is 5.49. The Morgan fingerprint density at radius 3 is 2.27 bits per heavy atom. The molecule has 0 fully saturated rings. The Kier molecular flexibility index (Phi) is 9.01. The van der Waals surface area contributed by atoms with Crippen LogP contribution in [0.5, 0.6) is 11.5 Å². The molecule has 4 N–H and O–H groups in total. The van der Waals surface area contributed by atoms with E-state index in [1.54, 1.807) is 24.3 Å².